The number of nitrogens with zero attached hydrogens (tertiary/aromatic N) is 3. The van der Waals surface area contributed by atoms with Gasteiger partial charge in [0, 0.05) is 12.1 Å². The van der Waals surface area contributed by atoms with Crippen molar-refractivity contribution in [1.29, 1.82) is 0 Å². The van der Waals surface area contributed by atoms with Gasteiger partial charge in [-0.25, -0.2) is 0 Å². The number of anilines is 1. The molecule has 1 heterocycles. The number of benzene rings is 2. The van der Waals surface area contributed by atoms with Crippen molar-refractivity contribution in [1.82, 2.24) is 15.0 Å². The van der Waals surface area contributed by atoms with Gasteiger partial charge < -0.3 is 10.1 Å². The lowest BCUT2D eigenvalue weighted by atomic mass is 9.49. The van der Waals surface area contributed by atoms with E-state index in [9.17, 15) is 4.79 Å². The van der Waals surface area contributed by atoms with Crippen LogP contribution in [-0.2, 0) is 4.79 Å². The van der Waals surface area contributed by atoms with Crippen molar-refractivity contribution in [3.8, 4) is 11.4 Å². The summed E-state index contributed by atoms with van der Waals surface area (Å²) < 4.78 is 5.21. The van der Waals surface area contributed by atoms with Crippen molar-refractivity contribution in [2.75, 3.05) is 12.4 Å². The summed E-state index contributed by atoms with van der Waals surface area (Å²) in [6.45, 7) is 0. The largest absolute Gasteiger partial charge is 0.497 e. The number of methoxy groups -OCH3 is 1. The molecule has 160 valence electrons. The molecule has 4 bridgehead atoms. The minimum absolute atomic E-state index is 0.142. The fourth-order valence-electron chi connectivity index (χ4n) is 6.88. The Kier molecular flexibility index (Phi) is 4.30. The molecule has 0 radical (unpaired) electrons. The zero-order chi connectivity index (χ0) is 21.0. The fourth-order valence-corrected chi connectivity index (χ4v) is 6.88. The Balaban J connectivity index is 1.18. The molecule has 6 nitrogen and oxygen atoms in total. The molecule has 31 heavy (non-hydrogen) atoms. The first kappa shape index (κ1) is 18.8. The molecule has 0 saturated heterocycles. The summed E-state index contributed by atoms with van der Waals surface area (Å²) in [5, 5.41) is 12.3. The minimum atomic E-state index is 0.142. The van der Waals surface area contributed by atoms with E-state index in [2.05, 4.69) is 15.5 Å². The second kappa shape index (κ2) is 7.08. The number of ether oxygens (including phenoxy) is 1. The summed E-state index contributed by atoms with van der Waals surface area (Å²) in [4.78, 5) is 14.6. The molecule has 1 aromatic heterocycles. The Morgan fingerprint density at radius 1 is 1.00 bits per heavy atom. The van der Waals surface area contributed by atoms with Gasteiger partial charge in [-0.3, -0.25) is 4.79 Å². The third kappa shape index (κ3) is 3.48. The van der Waals surface area contributed by atoms with E-state index in [4.69, 9.17) is 4.74 Å². The van der Waals surface area contributed by atoms with Crippen LogP contribution in [0.1, 0.15) is 44.9 Å². The number of amides is 1. The number of fused-ring (bicyclic) bond motifs is 1. The van der Waals surface area contributed by atoms with Crippen LogP contribution in [0.3, 0.4) is 0 Å². The molecule has 1 N–H and O–H groups in total. The summed E-state index contributed by atoms with van der Waals surface area (Å²) in [6.07, 6.45) is 8.63. The second-order valence-corrected chi connectivity index (χ2v) is 10.0. The third-order valence-corrected chi connectivity index (χ3v) is 7.67. The van der Waals surface area contributed by atoms with E-state index in [0.29, 0.717) is 6.42 Å². The minimum Gasteiger partial charge on any atom is -0.497 e. The number of carbonyl (C=O) groups is 1. The summed E-state index contributed by atoms with van der Waals surface area (Å²) in [5.41, 5.74) is 3.48. The number of hydrogen-bond acceptors (Lipinski definition) is 4. The van der Waals surface area contributed by atoms with Gasteiger partial charge in [-0.05, 0) is 104 Å². The van der Waals surface area contributed by atoms with Gasteiger partial charge in [-0.15, -0.1) is 10.2 Å². The van der Waals surface area contributed by atoms with Crippen molar-refractivity contribution in [3.63, 3.8) is 0 Å². The smallest absolute Gasteiger partial charge is 0.224 e. The van der Waals surface area contributed by atoms with Crippen molar-refractivity contribution in [2.45, 2.75) is 44.9 Å². The summed E-state index contributed by atoms with van der Waals surface area (Å²) in [5.74, 6) is 3.53. The number of aromatic nitrogens is 3. The van der Waals surface area contributed by atoms with Crippen LogP contribution in [0, 0.1) is 23.2 Å². The molecular weight excluding hydrogens is 388 g/mol. The maximum absolute atomic E-state index is 13.0. The highest BCUT2D eigenvalue weighted by Crippen LogP contribution is 2.61. The molecule has 4 saturated carbocycles. The number of carbonyl (C=O) groups excluding carboxylic acids is 1. The lowest BCUT2D eigenvalue weighted by Gasteiger charge is -2.56. The Morgan fingerprint density at radius 2 is 1.65 bits per heavy atom. The van der Waals surface area contributed by atoms with E-state index in [0.717, 1.165) is 45.9 Å². The van der Waals surface area contributed by atoms with E-state index in [1.165, 1.54) is 38.5 Å². The van der Waals surface area contributed by atoms with E-state index in [1.807, 2.05) is 42.5 Å². The summed E-state index contributed by atoms with van der Waals surface area (Å²) in [7, 11) is 1.65. The predicted octanol–water partition coefficient (Wildman–Crippen LogP) is 4.97. The molecule has 4 fully saturated rings. The molecule has 4 aliphatic rings. The first-order chi connectivity index (χ1) is 15.1. The second-order valence-electron chi connectivity index (χ2n) is 10.0. The third-order valence-electron chi connectivity index (χ3n) is 7.67. The van der Waals surface area contributed by atoms with Crippen LogP contribution < -0.4 is 10.1 Å². The van der Waals surface area contributed by atoms with Crippen molar-refractivity contribution < 1.29 is 9.53 Å². The van der Waals surface area contributed by atoms with Gasteiger partial charge in [0.25, 0.3) is 0 Å². The molecule has 1 amide bonds. The van der Waals surface area contributed by atoms with Crippen LogP contribution in [0.25, 0.3) is 16.7 Å². The first-order valence-corrected chi connectivity index (χ1v) is 11.4. The van der Waals surface area contributed by atoms with Gasteiger partial charge in [0.15, 0.2) is 0 Å². The Bertz CT molecular complexity index is 1100. The van der Waals surface area contributed by atoms with Gasteiger partial charge in [0.2, 0.25) is 5.91 Å². The Hall–Kier alpha value is -2.89. The van der Waals surface area contributed by atoms with Crippen LogP contribution in [0.2, 0.25) is 0 Å². The van der Waals surface area contributed by atoms with Gasteiger partial charge in [0.1, 0.15) is 16.8 Å². The van der Waals surface area contributed by atoms with Gasteiger partial charge in [-0.1, -0.05) is 0 Å². The van der Waals surface area contributed by atoms with Crippen molar-refractivity contribution >= 4 is 22.6 Å². The molecule has 0 atom stereocenters. The number of rotatable bonds is 5. The lowest BCUT2D eigenvalue weighted by Crippen LogP contribution is -2.47. The molecule has 4 aliphatic carbocycles. The first-order valence-electron chi connectivity index (χ1n) is 11.4. The van der Waals surface area contributed by atoms with Crippen LogP contribution in [0.5, 0.6) is 5.75 Å². The lowest BCUT2D eigenvalue weighted by molar-refractivity contribution is -0.124. The molecule has 0 aliphatic heterocycles. The Morgan fingerprint density at radius 3 is 2.29 bits per heavy atom. The van der Waals surface area contributed by atoms with E-state index >= 15 is 0 Å². The maximum atomic E-state index is 13.0. The van der Waals surface area contributed by atoms with Crippen LogP contribution >= 0.6 is 0 Å². The summed E-state index contributed by atoms with van der Waals surface area (Å²) >= 11 is 0. The number of nitrogens with one attached hydrogen (secondary N) is 1. The van der Waals surface area contributed by atoms with Crippen molar-refractivity contribution in [2.24, 2.45) is 23.2 Å². The van der Waals surface area contributed by atoms with Gasteiger partial charge in [-0.2, -0.15) is 4.80 Å². The van der Waals surface area contributed by atoms with Gasteiger partial charge in [0.05, 0.1) is 12.8 Å². The van der Waals surface area contributed by atoms with Crippen molar-refractivity contribution in [3.05, 3.63) is 42.5 Å². The van der Waals surface area contributed by atoms with E-state index in [-0.39, 0.29) is 11.3 Å². The molecule has 2 aromatic carbocycles. The molecular formula is C25H28N4O2. The van der Waals surface area contributed by atoms with Crippen LogP contribution in [0.15, 0.2) is 42.5 Å². The zero-order valence-corrected chi connectivity index (χ0v) is 17.9. The normalized spacial score (nSPS) is 28.7. The number of hydrogen-bond donors (Lipinski definition) is 1. The summed E-state index contributed by atoms with van der Waals surface area (Å²) in [6, 6.07) is 13.4. The average molecular weight is 417 g/mol. The highest BCUT2D eigenvalue weighted by atomic mass is 16.5. The quantitative estimate of drug-likeness (QED) is 0.637. The maximum Gasteiger partial charge on any atom is 0.224 e. The zero-order valence-electron chi connectivity index (χ0n) is 17.9. The average Bonchev–Trinajstić information content (AvgIpc) is 3.15. The topological polar surface area (TPSA) is 69.0 Å². The monoisotopic (exact) mass is 416 g/mol. The fraction of sp³-hybridized carbons (Fsp3) is 0.480. The van der Waals surface area contributed by atoms with Crippen LogP contribution in [-0.4, -0.2) is 28.0 Å². The SMILES string of the molecule is COc1ccc(-n2nc3ccc(NC(=O)CC45CC6CC(CC(C6)C4)C5)cc3n2)cc1. The predicted molar refractivity (Wildman–Crippen MR) is 119 cm³/mol. The van der Waals surface area contributed by atoms with E-state index < -0.39 is 0 Å². The van der Waals surface area contributed by atoms with E-state index in [1.54, 1.807) is 11.9 Å². The molecule has 0 unspecified atom stereocenters. The highest BCUT2D eigenvalue weighted by Gasteiger charge is 2.51. The van der Waals surface area contributed by atoms with Gasteiger partial charge >= 0.3 is 0 Å². The highest BCUT2D eigenvalue weighted by molar-refractivity contribution is 5.93. The molecule has 0 spiro atoms. The molecule has 7 rings (SSSR count). The standard InChI is InChI=1S/C25H28N4O2/c1-31-21-5-3-20(4-6-21)29-27-22-7-2-19(11-23(22)28-29)26-24(30)15-25-12-16-8-17(13-25)10-18(9-16)14-25/h2-7,11,16-18H,8-10,12-15H2,1H3,(H,26,30). The molecule has 6 heteroatoms. The Labute approximate surface area is 182 Å². The van der Waals surface area contributed by atoms with Crippen LogP contribution in [0.4, 0.5) is 5.69 Å². The molecule has 3 aromatic rings.